The zero-order valence-electron chi connectivity index (χ0n) is 10.7. The third-order valence-electron chi connectivity index (χ3n) is 2.51. The second-order valence-corrected chi connectivity index (χ2v) is 3.60. The van der Waals surface area contributed by atoms with Gasteiger partial charge in [0.05, 0.1) is 0 Å². The van der Waals surface area contributed by atoms with Crippen molar-refractivity contribution in [3.63, 3.8) is 0 Å². The van der Waals surface area contributed by atoms with Crippen molar-refractivity contribution in [2.45, 2.75) is 73.6 Å². The van der Waals surface area contributed by atoms with Gasteiger partial charge in [0.25, 0.3) is 0 Å². The summed E-state index contributed by atoms with van der Waals surface area (Å²) >= 11 is 0. The van der Waals surface area contributed by atoms with E-state index >= 15 is 0 Å². The zero-order valence-corrected chi connectivity index (χ0v) is 10.7. The largest absolute Gasteiger partial charge is 0.0683 e. The van der Waals surface area contributed by atoms with E-state index < -0.39 is 0 Å². The van der Waals surface area contributed by atoms with Crippen LogP contribution in [-0.2, 0) is 0 Å². The summed E-state index contributed by atoms with van der Waals surface area (Å²) in [5.41, 5.74) is 0. The minimum atomic E-state index is 1.05. The van der Waals surface area contributed by atoms with Gasteiger partial charge in [-0.3, -0.25) is 0 Å². The number of hydrogen-bond donors (Lipinski definition) is 0. The fourth-order valence-electron chi connectivity index (χ4n) is 0.758. The Kier molecular flexibility index (Phi) is 14.3. The summed E-state index contributed by atoms with van der Waals surface area (Å²) in [4.78, 5) is 0. The predicted octanol–water partition coefficient (Wildman–Crippen LogP) is 5.28. The molecule has 0 N–H and O–H groups in total. The van der Waals surface area contributed by atoms with Crippen LogP contribution in [0.4, 0.5) is 0 Å². The first-order valence-electron chi connectivity index (χ1n) is 6.30. The van der Waals surface area contributed by atoms with Gasteiger partial charge in [0, 0.05) is 0 Å². The Hall–Kier alpha value is 0. The molecule has 0 radical (unpaired) electrons. The van der Waals surface area contributed by atoms with E-state index in [0.29, 0.717) is 0 Å². The molecule has 2 aliphatic carbocycles. The molecular formula is C13H30. The highest BCUT2D eigenvalue weighted by Gasteiger charge is 2.26. The molecule has 0 heterocycles. The van der Waals surface area contributed by atoms with E-state index in [1.165, 1.54) is 32.1 Å². The smallest absolute Gasteiger partial charge is 0.0414 e. The summed E-state index contributed by atoms with van der Waals surface area (Å²) in [6.07, 6.45) is 7.47. The fourth-order valence-corrected chi connectivity index (χ4v) is 0.758. The lowest BCUT2D eigenvalue weighted by molar-refractivity contribution is 0.504. The molecule has 0 aromatic heterocycles. The molecule has 2 unspecified atom stereocenters. The van der Waals surface area contributed by atoms with Gasteiger partial charge >= 0.3 is 0 Å². The molecule has 82 valence electrons. The summed E-state index contributed by atoms with van der Waals surface area (Å²) in [5, 5.41) is 0. The van der Waals surface area contributed by atoms with Crippen LogP contribution in [-0.4, -0.2) is 0 Å². The first-order valence-corrected chi connectivity index (χ1v) is 6.30. The van der Waals surface area contributed by atoms with Crippen LogP contribution in [0.15, 0.2) is 0 Å². The molecule has 0 amide bonds. The summed E-state index contributed by atoms with van der Waals surface area (Å²) < 4.78 is 0. The van der Waals surface area contributed by atoms with E-state index in [9.17, 15) is 0 Å². The van der Waals surface area contributed by atoms with Gasteiger partial charge in [0.2, 0.25) is 0 Å². The maximum atomic E-state index is 2.30. The molecular weight excluding hydrogens is 156 g/mol. The van der Waals surface area contributed by atoms with Gasteiger partial charge in [0.1, 0.15) is 0 Å². The second-order valence-electron chi connectivity index (χ2n) is 3.60. The molecule has 13 heavy (non-hydrogen) atoms. The lowest BCUT2D eigenvalue weighted by Crippen LogP contribution is -1.85. The molecule has 0 aliphatic heterocycles. The second kappa shape index (κ2) is 12.0. The lowest BCUT2D eigenvalue weighted by Gasteiger charge is -2.05. The van der Waals surface area contributed by atoms with Crippen molar-refractivity contribution in [2.75, 3.05) is 0 Å². The Morgan fingerprint density at radius 3 is 0.769 bits per heavy atom. The monoisotopic (exact) mass is 186 g/mol. The van der Waals surface area contributed by atoms with Crippen LogP contribution in [0, 0.1) is 11.8 Å². The van der Waals surface area contributed by atoms with Crippen molar-refractivity contribution in [3.05, 3.63) is 0 Å². The molecule has 2 atom stereocenters. The van der Waals surface area contributed by atoms with Crippen molar-refractivity contribution in [1.29, 1.82) is 0 Å². The molecule has 2 fully saturated rings. The standard InChI is InChI=1S/C5H10.C4H8.2C2H6/c1-4-3-5(4)2;1-2-4-3-1;2*1-2/h4-5H,3H2,1-2H3;1-4H2;2*1-2H3. The topological polar surface area (TPSA) is 0 Å². The highest BCUT2D eigenvalue weighted by Crippen LogP contribution is 2.36. The number of hydrogen-bond acceptors (Lipinski definition) is 0. The Morgan fingerprint density at radius 1 is 0.615 bits per heavy atom. The molecule has 0 saturated heterocycles. The quantitative estimate of drug-likeness (QED) is 0.483. The SMILES string of the molecule is C1CCC1.CC.CC.CC1CC1C. The molecule has 2 saturated carbocycles. The van der Waals surface area contributed by atoms with Crippen LogP contribution in [0.3, 0.4) is 0 Å². The van der Waals surface area contributed by atoms with Crippen LogP contribution in [0.1, 0.15) is 73.6 Å². The van der Waals surface area contributed by atoms with Gasteiger partial charge < -0.3 is 0 Å². The first-order chi connectivity index (χ1) is 6.30. The van der Waals surface area contributed by atoms with Crippen LogP contribution < -0.4 is 0 Å². The van der Waals surface area contributed by atoms with Crippen molar-refractivity contribution in [3.8, 4) is 0 Å². The van der Waals surface area contributed by atoms with Crippen molar-refractivity contribution >= 4 is 0 Å². The number of rotatable bonds is 0. The highest BCUT2D eigenvalue weighted by atomic mass is 14.3. The fraction of sp³-hybridized carbons (Fsp3) is 1.00. The molecule has 2 aliphatic rings. The van der Waals surface area contributed by atoms with Gasteiger partial charge in [0.15, 0.2) is 0 Å². The van der Waals surface area contributed by atoms with Crippen molar-refractivity contribution in [2.24, 2.45) is 11.8 Å². The van der Waals surface area contributed by atoms with E-state index in [1.54, 1.807) is 0 Å². The lowest BCUT2D eigenvalue weighted by atomic mass is 10.0. The average molecular weight is 186 g/mol. The minimum absolute atomic E-state index is 1.05. The molecule has 0 nitrogen and oxygen atoms in total. The molecule has 0 bridgehead atoms. The third-order valence-corrected chi connectivity index (χ3v) is 2.51. The molecule has 2 rings (SSSR count). The van der Waals surface area contributed by atoms with E-state index in [4.69, 9.17) is 0 Å². The van der Waals surface area contributed by atoms with Gasteiger partial charge in [-0.05, 0) is 18.3 Å². The molecule has 0 spiro atoms. The summed E-state index contributed by atoms with van der Waals surface area (Å²) in [6, 6.07) is 0. The summed E-state index contributed by atoms with van der Waals surface area (Å²) in [5.74, 6) is 2.10. The van der Waals surface area contributed by atoms with E-state index in [0.717, 1.165) is 11.8 Å². The van der Waals surface area contributed by atoms with Crippen molar-refractivity contribution in [1.82, 2.24) is 0 Å². The van der Waals surface area contributed by atoms with Gasteiger partial charge in [-0.1, -0.05) is 67.2 Å². The van der Waals surface area contributed by atoms with E-state index in [-0.39, 0.29) is 0 Å². The van der Waals surface area contributed by atoms with Crippen LogP contribution in [0.25, 0.3) is 0 Å². The summed E-state index contributed by atoms with van der Waals surface area (Å²) in [7, 11) is 0. The van der Waals surface area contributed by atoms with E-state index in [1.807, 2.05) is 27.7 Å². The van der Waals surface area contributed by atoms with E-state index in [2.05, 4.69) is 13.8 Å². The summed E-state index contributed by atoms with van der Waals surface area (Å²) in [6.45, 7) is 12.6. The van der Waals surface area contributed by atoms with Crippen LogP contribution >= 0.6 is 0 Å². The van der Waals surface area contributed by atoms with Gasteiger partial charge in [-0.2, -0.15) is 0 Å². The normalized spacial score (nSPS) is 27.2. The highest BCUT2D eigenvalue weighted by molar-refractivity contribution is 4.76. The maximum absolute atomic E-state index is 2.30. The minimum Gasteiger partial charge on any atom is -0.0683 e. The third kappa shape index (κ3) is 12.0. The van der Waals surface area contributed by atoms with Crippen LogP contribution in [0.5, 0.6) is 0 Å². The Balaban J connectivity index is 0. The Labute approximate surface area is 86.1 Å². The molecule has 0 aromatic rings. The molecule has 0 aromatic carbocycles. The van der Waals surface area contributed by atoms with Crippen LogP contribution in [0.2, 0.25) is 0 Å². The molecule has 0 heteroatoms. The van der Waals surface area contributed by atoms with Gasteiger partial charge in [-0.25, -0.2) is 0 Å². The van der Waals surface area contributed by atoms with Gasteiger partial charge in [-0.15, -0.1) is 0 Å². The first kappa shape index (κ1) is 15.5. The average Bonchev–Trinajstić information content (AvgIpc) is 2.69. The Bertz CT molecular complexity index is 62.1. The zero-order chi connectivity index (χ0) is 10.7. The Morgan fingerprint density at radius 2 is 0.769 bits per heavy atom. The predicted molar refractivity (Wildman–Crippen MR) is 64.1 cm³/mol. The maximum Gasteiger partial charge on any atom is -0.0414 e. The van der Waals surface area contributed by atoms with Crippen molar-refractivity contribution < 1.29 is 0 Å².